The number of amides is 2. The number of aliphatic hydroxyl groups is 2. The highest BCUT2D eigenvalue weighted by molar-refractivity contribution is 7.90. The van der Waals surface area contributed by atoms with Crippen LogP contribution in [0.25, 0.3) is 22.2 Å². The molecule has 3 heterocycles. The minimum atomic E-state index is -3.58. The standard InChI is InChI=1S/C29H27FN4O8S/c1-28(27(31)36)14-42-25-20(28)11-22(34-24(25)15-4-6-18(30)7-5-15)29(37,38)13-33-26(35)17-8-16-9-19(43(3,39)40)12-32-23(16)21(10-17)41-2/h4-12,37-38H,13-14H2,1-3H3,(H2,31,36)(H,33,35)/t28-/m0/s1. The molecule has 43 heavy (non-hydrogen) atoms. The molecule has 224 valence electrons. The number of primary amides is 1. The molecule has 0 saturated carbocycles. The molecule has 2 aromatic heterocycles. The van der Waals surface area contributed by atoms with Crippen molar-refractivity contribution in [1.29, 1.82) is 0 Å². The Kier molecular flexibility index (Phi) is 7.32. The van der Waals surface area contributed by atoms with Gasteiger partial charge in [0.25, 0.3) is 5.91 Å². The van der Waals surface area contributed by atoms with E-state index < -0.39 is 45.2 Å². The number of carbonyl (C=O) groups excluding carboxylic acids is 2. The van der Waals surface area contributed by atoms with Crippen LogP contribution in [-0.4, -0.2) is 66.9 Å². The number of pyridine rings is 2. The number of fused-ring (bicyclic) bond motifs is 2. The van der Waals surface area contributed by atoms with Gasteiger partial charge in [-0.25, -0.2) is 17.8 Å². The molecule has 2 amide bonds. The molecule has 1 atom stereocenters. The number of nitrogens with two attached hydrogens (primary N) is 1. The van der Waals surface area contributed by atoms with E-state index in [2.05, 4.69) is 15.3 Å². The van der Waals surface area contributed by atoms with Crippen LogP contribution in [0.2, 0.25) is 0 Å². The van der Waals surface area contributed by atoms with Gasteiger partial charge in [0.2, 0.25) is 11.7 Å². The molecule has 0 unspecified atom stereocenters. The van der Waals surface area contributed by atoms with Crippen molar-refractivity contribution < 1.29 is 42.1 Å². The normalized spacial score (nSPS) is 16.4. The maximum absolute atomic E-state index is 13.6. The van der Waals surface area contributed by atoms with Crippen LogP contribution in [0.15, 0.2) is 59.6 Å². The Morgan fingerprint density at radius 3 is 2.51 bits per heavy atom. The zero-order chi connectivity index (χ0) is 31.3. The summed E-state index contributed by atoms with van der Waals surface area (Å²) in [4.78, 5) is 34.0. The van der Waals surface area contributed by atoms with Crippen molar-refractivity contribution in [3.63, 3.8) is 0 Å². The fraction of sp³-hybridized carbons (Fsp3) is 0.241. The average molecular weight is 611 g/mol. The molecule has 0 bridgehead atoms. The average Bonchev–Trinajstić information content (AvgIpc) is 3.32. The molecule has 4 aromatic rings. The minimum Gasteiger partial charge on any atom is -0.494 e. The molecule has 0 fully saturated rings. The van der Waals surface area contributed by atoms with Crippen molar-refractivity contribution in [3.8, 4) is 22.8 Å². The van der Waals surface area contributed by atoms with Gasteiger partial charge in [-0.3, -0.25) is 14.6 Å². The van der Waals surface area contributed by atoms with E-state index in [1.165, 1.54) is 68.8 Å². The van der Waals surface area contributed by atoms with Crippen LogP contribution in [0.5, 0.6) is 11.5 Å². The molecule has 5 N–H and O–H groups in total. The number of nitrogens with zero attached hydrogens (tertiary/aromatic N) is 2. The van der Waals surface area contributed by atoms with E-state index in [-0.39, 0.29) is 45.5 Å². The summed E-state index contributed by atoms with van der Waals surface area (Å²) < 4.78 is 48.7. The lowest BCUT2D eigenvalue weighted by atomic mass is 9.82. The molecule has 14 heteroatoms. The first kappa shape index (κ1) is 29.8. The largest absolute Gasteiger partial charge is 0.494 e. The number of benzene rings is 2. The van der Waals surface area contributed by atoms with E-state index in [1.807, 2.05) is 0 Å². The van der Waals surface area contributed by atoms with Gasteiger partial charge in [0.05, 0.1) is 18.6 Å². The number of nitrogens with one attached hydrogen (secondary N) is 1. The SMILES string of the molecule is COc1cc(C(=O)NCC(O)(O)c2cc3c(c(-c4ccc(F)cc4)n2)OC[C@]3(C)C(N)=O)cc2cc(S(C)(=O)=O)cnc12. The molecular weight excluding hydrogens is 583 g/mol. The third-order valence-electron chi connectivity index (χ3n) is 7.27. The van der Waals surface area contributed by atoms with Crippen molar-refractivity contribution in [2.75, 3.05) is 26.5 Å². The van der Waals surface area contributed by atoms with Gasteiger partial charge >= 0.3 is 0 Å². The van der Waals surface area contributed by atoms with Crippen LogP contribution in [-0.2, 0) is 25.8 Å². The van der Waals surface area contributed by atoms with E-state index in [1.54, 1.807) is 0 Å². The number of methoxy groups -OCH3 is 1. The summed E-state index contributed by atoms with van der Waals surface area (Å²) in [5, 5.41) is 24.9. The first-order chi connectivity index (χ1) is 20.1. The quantitative estimate of drug-likeness (QED) is 0.213. The zero-order valence-corrected chi connectivity index (χ0v) is 24.0. The maximum Gasteiger partial charge on any atom is 0.251 e. The molecule has 5 rings (SSSR count). The Morgan fingerprint density at radius 1 is 1.19 bits per heavy atom. The van der Waals surface area contributed by atoms with Gasteiger partial charge in [-0.2, -0.15) is 0 Å². The number of hydrogen-bond acceptors (Lipinski definition) is 10. The summed E-state index contributed by atoms with van der Waals surface area (Å²) >= 11 is 0. The number of hydrogen-bond donors (Lipinski definition) is 4. The minimum absolute atomic E-state index is 0.0243. The second-order valence-electron chi connectivity index (χ2n) is 10.4. The van der Waals surface area contributed by atoms with Gasteiger partial charge in [0.1, 0.15) is 46.2 Å². The highest BCUT2D eigenvalue weighted by Crippen LogP contribution is 2.45. The van der Waals surface area contributed by atoms with Crippen molar-refractivity contribution in [2.24, 2.45) is 5.73 Å². The number of carbonyl (C=O) groups is 2. The lowest BCUT2D eigenvalue weighted by Crippen LogP contribution is -2.42. The number of sulfone groups is 1. The van der Waals surface area contributed by atoms with E-state index in [9.17, 15) is 32.6 Å². The molecule has 0 spiro atoms. The Bertz CT molecular complexity index is 1900. The monoisotopic (exact) mass is 610 g/mol. The summed E-state index contributed by atoms with van der Waals surface area (Å²) in [5.41, 5.74) is 5.07. The van der Waals surface area contributed by atoms with Crippen LogP contribution >= 0.6 is 0 Å². The molecule has 1 aliphatic rings. The lowest BCUT2D eigenvalue weighted by Gasteiger charge is -2.25. The van der Waals surface area contributed by atoms with Gasteiger partial charge in [-0.1, -0.05) is 0 Å². The Labute approximate surface area is 245 Å². The Balaban J connectivity index is 1.50. The van der Waals surface area contributed by atoms with Gasteiger partial charge in [-0.05, 0) is 55.5 Å². The number of rotatable bonds is 8. The molecule has 2 aromatic carbocycles. The first-order valence-electron chi connectivity index (χ1n) is 12.8. The number of ether oxygens (including phenoxy) is 2. The molecule has 0 radical (unpaired) electrons. The van der Waals surface area contributed by atoms with E-state index in [4.69, 9.17) is 15.2 Å². The predicted molar refractivity (Wildman–Crippen MR) is 152 cm³/mol. The molecule has 0 saturated heterocycles. The third kappa shape index (κ3) is 5.47. The van der Waals surface area contributed by atoms with Gasteiger partial charge < -0.3 is 30.7 Å². The van der Waals surface area contributed by atoms with Crippen molar-refractivity contribution >= 4 is 32.6 Å². The van der Waals surface area contributed by atoms with Crippen LogP contribution in [0.4, 0.5) is 4.39 Å². The van der Waals surface area contributed by atoms with Crippen molar-refractivity contribution in [1.82, 2.24) is 15.3 Å². The van der Waals surface area contributed by atoms with Crippen LogP contribution in [0.3, 0.4) is 0 Å². The van der Waals surface area contributed by atoms with Crippen molar-refractivity contribution in [2.45, 2.75) is 23.0 Å². The maximum atomic E-state index is 13.6. The fourth-order valence-electron chi connectivity index (χ4n) is 4.68. The van der Waals surface area contributed by atoms with Gasteiger partial charge in [0, 0.05) is 34.5 Å². The highest BCUT2D eigenvalue weighted by atomic mass is 32.2. The van der Waals surface area contributed by atoms with Gasteiger partial charge in [0.15, 0.2) is 9.84 Å². The zero-order valence-electron chi connectivity index (χ0n) is 23.2. The Hall–Kier alpha value is -4.66. The topological polar surface area (TPSA) is 191 Å². The lowest BCUT2D eigenvalue weighted by molar-refractivity contribution is -0.166. The van der Waals surface area contributed by atoms with E-state index in [0.29, 0.717) is 16.5 Å². The van der Waals surface area contributed by atoms with E-state index in [0.717, 1.165) is 6.26 Å². The summed E-state index contributed by atoms with van der Waals surface area (Å²) in [6, 6.07) is 10.6. The molecule has 1 aliphatic heterocycles. The smallest absolute Gasteiger partial charge is 0.251 e. The van der Waals surface area contributed by atoms with Crippen LogP contribution < -0.4 is 20.5 Å². The summed E-state index contributed by atoms with van der Waals surface area (Å²) in [7, 11) is -2.23. The Morgan fingerprint density at radius 2 is 1.88 bits per heavy atom. The number of aromatic nitrogens is 2. The summed E-state index contributed by atoms with van der Waals surface area (Å²) in [6.07, 6.45) is 2.21. The van der Waals surface area contributed by atoms with Crippen LogP contribution in [0.1, 0.15) is 28.5 Å². The predicted octanol–water partition coefficient (Wildman–Crippen LogP) is 1.55. The fourth-order valence-corrected chi connectivity index (χ4v) is 5.26. The second kappa shape index (κ2) is 10.6. The van der Waals surface area contributed by atoms with Crippen LogP contribution in [0, 0.1) is 5.82 Å². The summed E-state index contributed by atoms with van der Waals surface area (Å²) in [6.45, 7) is 0.655. The van der Waals surface area contributed by atoms with Crippen molar-refractivity contribution in [3.05, 3.63) is 77.4 Å². The molecular formula is C29H27FN4O8S. The third-order valence-corrected chi connectivity index (χ3v) is 8.35. The summed E-state index contributed by atoms with van der Waals surface area (Å²) in [5.74, 6) is -4.36. The van der Waals surface area contributed by atoms with Gasteiger partial charge in [-0.15, -0.1) is 0 Å². The molecule has 0 aliphatic carbocycles. The molecule has 12 nitrogen and oxygen atoms in total. The van der Waals surface area contributed by atoms with E-state index >= 15 is 0 Å². The second-order valence-corrected chi connectivity index (χ2v) is 12.4. The highest BCUT2D eigenvalue weighted by Gasteiger charge is 2.45. The number of halogens is 1. The first-order valence-corrected chi connectivity index (χ1v) is 14.7.